The van der Waals surface area contributed by atoms with Crippen LogP contribution < -0.4 is 5.32 Å². The van der Waals surface area contributed by atoms with Crippen molar-refractivity contribution in [1.82, 2.24) is 9.97 Å². The number of aromatic nitrogens is 2. The standard InChI is InChI=1S/C19H18F3N3OS/c1-10-5-4-6-11(2)16(10)25-17(26)12(3)27-18-23-14-8-7-13(19(20,21)22)9-15(14)24-18/h4-9,12H,1-3H3,(H,23,24)(H,25,26)/t12-/m1/s1. The first-order valence-electron chi connectivity index (χ1n) is 8.26. The van der Waals surface area contributed by atoms with Crippen LogP contribution in [0.1, 0.15) is 23.6 Å². The number of para-hydroxylation sites is 1. The van der Waals surface area contributed by atoms with Crippen LogP contribution in [0.2, 0.25) is 0 Å². The molecule has 2 aromatic carbocycles. The van der Waals surface area contributed by atoms with Gasteiger partial charge in [-0.05, 0) is 50.1 Å². The molecule has 0 aliphatic heterocycles. The summed E-state index contributed by atoms with van der Waals surface area (Å²) < 4.78 is 38.5. The van der Waals surface area contributed by atoms with E-state index >= 15 is 0 Å². The van der Waals surface area contributed by atoms with Crippen molar-refractivity contribution in [3.8, 4) is 0 Å². The second-order valence-electron chi connectivity index (χ2n) is 6.29. The molecule has 8 heteroatoms. The lowest BCUT2D eigenvalue weighted by atomic mass is 10.1. The van der Waals surface area contributed by atoms with E-state index in [-0.39, 0.29) is 11.4 Å². The zero-order chi connectivity index (χ0) is 19.8. The number of nitrogens with one attached hydrogen (secondary N) is 2. The average molecular weight is 393 g/mol. The van der Waals surface area contributed by atoms with Crippen LogP contribution in [0.5, 0.6) is 0 Å². The van der Waals surface area contributed by atoms with E-state index in [1.165, 1.54) is 6.07 Å². The number of fused-ring (bicyclic) bond motifs is 1. The Morgan fingerprint density at radius 2 is 1.85 bits per heavy atom. The molecule has 3 rings (SSSR count). The molecule has 0 aliphatic carbocycles. The number of aryl methyl sites for hydroxylation is 2. The molecule has 4 nitrogen and oxygen atoms in total. The predicted molar refractivity (Wildman–Crippen MR) is 101 cm³/mol. The minimum Gasteiger partial charge on any atom is -0.333 e. The number of halogens is 3. The van der Waals surface area contributed by atoms with Crippen molar-refractivity contribution in [3.05, 3.63) is 53.1 Å². The van der Waals surface area contributed by atoms with Crippen molar-refractivity contribution in [2.24, 2.45) is 0 Å². The van der Waals surface area contributed by atoms with E-state index in [9.17, 15) is 18.0 Å². The highest BCUT2D eigenvalue weighted by Crippen LogP contribution is 2.32. The van der Waals surface area contributed by atoms with Crippen LogP contribution in [0.3, 0.4) is 0 Å². The van der Waals surface area contributed by atoms with Crippen molar-refractivity contribution < 1.29 is 18.0 Å². The molecule has 0 fully saturated rings. The number of rotatable bonds is 4. The van der Waals surface area contributed by atoms with E-state index in [2.05, 4.69) is 15.3 Å². The quantitative estimate of drug-likeness (QED) is 0.590. The van der Waals surface area contributed by atoms with Crippen LogP contribution in [0.4, 0.5) is 18.9 Å². The molecule has 0 unspecified atom stereocenters. The van der Waals surface area contributed by atoms with E-state index in [0.717, 1.165) is 40.7 Å². The maximum Gasteiger partial charge on any atom is 0.416 e. The van der Waals surface area contributed by atoms with Gasteiger partial charge in [-0.15, -0.1) is 0 Å². The number of aromatic amines is 1. The molecule has 1 atom stereocenters. The molecule has 27 heavy (non-hydrogen) atoms. The van der Waals surface area contributed by atoms with Gasteiger partial charge in [-0.2, -0.15) is 13.2 Å². The molecule has 0 bridgehead atoms. The molecule has 1 aromatic heterocycles. The van der Waals surface area contributed by atoms with E-state index in [0.29, 0.717) is 10.7 Å². The summed E-state index contributed by atoms with van der Waals surface area (Å²) >= 11 is 1.16. The smallest absolute Gasteiger partial charge is 0.333 e. The summed E-state index contributed by atoms with van der Waals surface area (Å²) in [6.45, 7) is 5.55. The van der Waals surface area contributed by atoms with Crippen molar-refractivity contribution in [2.45, 2.75) is 37.4 Å². The normalized spacial score (nSPS) is 13.0. The number of nitrogens with zero attached hydrogens (tertiary/aromatic N) is 1. The zero-order valence-corrected chi connectivity index (χ0v) is 15.8. The van der Waals surface area contributed by atoms with Crippen LogP contribution in [0.15, 0.2) is 41.6 Å². The number of anilines is 1. The van der Waals surface area contributed by atoms with Gasteiger partial charge in [0.05, 0.1) is 21.8 Å². The lowest BCUT2D eigenvalue weighted by Gasteiger charge is -2.14. The summed E-state index contributed by atoms with van der Waals surface area (Å²) in [5.74, 6) is -0.200. The van der Waals surface area contributed by atoms with Gasteiger partial charge in [0.15, 0.2) is 5.16 Å². The first kappa shape index (κ1) is 19.3. The molecule has 1 heterocycles. The number of amides is 1. The van der Waals surface area contributed by atoms with Gasteiger partial charge in [-0.25, -0.2) is 4.98 Å². The van der Waals surface area contributed by atoms with E-state index in [4.69, 9.17) is 0 Å². The fourth-order valence-electron chi connectivity index (χ4n) is 2.68. The second kappa shape index (κ2) is 7.26. The van der Waals surface area contributed by atoms with Crippen LogP contribution in [-0.2, 0) is 11.0 Å². The van der Waals surface area contributed by atoms with E-state index in [1.807, 2.05) is 32.0 Å². The highest BCUT2D eigenvalue weighted by Gasteiger charge is 2.30. The number of carbonyl (C=O) groups is 1. The van der Waals surface area contributed by atoms with Crippen LogP contribution >= 0.6 is 11.8 Å². The fraction of sp³-hybridized carbons (Fsp3) is 0.263. The van der Waals surface area contributed by atoms with Gasteiger partial charge in [-0.1, -0.05) is 30.0 Å². The Morgan fingerprint density at radius 1 is 1.19 bits per heavy atom. The predicted octanol–water partition coefficient (Wildman–Crippen LogP) is 5.32. The fourth-order valence-corrected chi connectivity index (χ4v) is 3.50. The van der Waals surface area contributed by atoms with Crippen molar-refractivity contribution in [3.63, 3.8) is 0 Å². The van der Waals surface area contributed by atoms with Gasteiger partial charge in [-0.3, -0.25) is 4.79 Å². The van der Waals surface area contributed by atoms with Gasteiger partial charge in [0, 0.05) is 5.69 Å². The molecule has 0 radical (unpaired) electrons. The number of thioether (sulfide) groups is 1. The van der Waals surface area contributed by atoms with E-state index < -0.39 is 17.0 Å². The highest BCUT2D eigenvalue weighted by molar-refractivity contribution is 8.00. The third kappa shape index (κ3) is 4.27. The Labute approximate surface area is 158 Å². The Bertz CT molecular complexity index is 977. The minimum absolute atomic E-state index is 0.200. The second-order valence-corrected chi connectivity index (χ2v) is 7.62. The number of alkyl halides is 3. The molecule has 2 N–H and O–H groups in total. The summed E-state index contributed by atoms with van der Waals surface area (Å²) in [4.78, 5) is 19.6. The molecular weight excluding hydrogens is 375 g/mol. The molecule has 142 valence electrons. The number of hydrogen-bond acceptors (Lipinski definition) is 3. The Balaban J connectivity index is 1.75. The molecule has 0 saturated heterocycles. The minimum atomic E-state index is -4.41. The SMILES string of the molecule is Cc1cccc(C)c1NC(=O)[C@@H](C)Sc1nc2ccc(C(F)(F)F)cc2[nH]1. The van der Waals surface area contributed by atoms with E-state index in [1.54, 1.807) is 6.92 Å². The summed E-state index contributed by atoms with van der Waals surface area (Å²) in [5, 5.41) is 2.83. The number of hydrogen-bond donors (Lipinski definition) is 2. The summed E-state index contributed by atoms with van der Waals surface area (Å²) in [6, 6.07) is 9.08. The highest BCUT2D eigenvalue weighted by atomic mass is 32.2. The molecule has 1 amide bonds. The maximum absolute atomic E-state index is 12.8. The van der Waals surface area contributed by atoms with Crippen LogP contribution in [0.25, 0.3) is 11.0 Å². The van der Waals surface area contributed by atoms with Gasteiger partial charge in [0.25, 0.3) is 0 Å². The molecular formula is C19H18F3N3OS. The Hall–Kier alpha value is -2.48. The maximum atomic E-state index is 12.8. The molecule has 0 spiro atoms. The molecule has 0 saturated carbocycles. The monoisotopic (exact) mass is 393 g/mol. The van der Waals surface area contributed by atoms with Gasteiger partial charge in [0.2, 0.25) is 5.91 Å². The average Bonchev–Trinajstić information content (AvgIpc) is 2.98. The number of imidazole rings is 1. The summed E-state index contributed by atoms with van der Waals surface area (Å²) in [6.07, 6.45) is -4.41. The number of benzene rings is 2. The topological polar surface area (TPSA) is 57.8 Å². The molecule has 0 aliphatic rings. The zero-order valence-electron chi connectivity index (χ0n) is 14.9. The molecule has 3 aromatic rings. The lowest BCUT2D eigenvalue weighted by Crippen LogP contribution is -2.23. The van der Waals surface area contributed by atoms with Crippen LogP contribution in [-0.4, -0.2) is 21.1 Å². The third-order valence-electron chi connectivity index (χ3n) is 4.17. The number of H-pyrrole nitrogens is 1. The lowest BCUT2D eigenvalue weighted by molar-refractivity contribution is -0.137. The van der Waals surface area contributed by atoms with Crippen molar-refractivity contribution >= 4 is 34.4 Å². The van der Waals surface area contributed by atoms with Crippen molar-refractivity contribution in [2.75, 3.05) is 5.32 Å². The van der Waals surface area contributed by atoms with Gasteiger partial charge < -0.3 is 10.3 Å². The summed E-state index contributed by atoms with van der Waals surface area (Å²) in [7, 11) is 0. The Kier molecular flexibility index (Phi) is 5.19. The largest absolute Gasteiger partial charge is 0.416 e. The first-order valence-corrected chi connectivity index (χ1v) is 9.14. The Morgan fingerprint density at radius 3 is 2.48 bits per heavy atom. The summed E-state index contributed by atoms with van der Waals surface area (Å²) in [5.41, 5.74) is 2.67. The third-order valence-corrected chi connectivity index (χ3v) is 5.16. The number of carbonyl (C=O) groups excluding carboxylic acids is 1. The van der Waals surface area contributed by atoms with Gasteiger partial charge >= 0.3 is 6.18 Å². The first-order chi connectivity index (χ1) is 12.6. The van der Waals surface area contributed by atoms with Crippen LogP contribution in [0, 0.1) is 13.8 Å². The van der Waals surface area contributed by atoms with Crippen molar-refractivity contribution in [1.29, 1.82) is 0 Å². The van der Waals surface area contributed by atoms with Gasteiger partial charge in [0.1, 0.15) is 0 Å².